The van der Waals surface area contributed by atoms with Gasteiger partial charge in [0.15, 0.2) is 0 Å². The number of aliphatic hydroxyl groups is 1. The molecule has 1 aromatic heterocycles. The van der Waals surface area contributed by atoms with Crippen molar-refractivity contribution in [1.82, 2.24) is 9.97 Å². The van der Waals surface area contributed by atoms with Gasteiger partial charge < -0.3 is 26.4 Å². The van der Waals surface area contributed by atoms with Crippen LogP contribution in [0.4, 0.5) is 33.6 Å². The van der Waals surface area contributed by atoms with Crippen LogP contribution in [-0.4, -0.2) is 44.2 Å². The minimum atomic E-state index is -2.87. The Balaban J connectivity index is 1.54. The van der Waals surface area contributed by atoms with Crippen LogP contribution in [0, 0.1) is 4.78 Å². The summed E-state index contributed by atoms with van der Waals surface area (Å²) in [4.78, 5) is 21.7. The predicted molar refractivity (Wildman–Crippen MR) is 151 cm³/mol. The van der Waals surface area contributed by atoms with Gasteiger partial charge in [-0.25, -0.2) is 18.8 Å². The molecule has 0 aliphatic carbocycles. The third kappa shape index (κ3) is 7.05. The fourth-order valence-electron chi connectivity index (χ4n) is 3.54. The molecule has 4 aromatic rings. The second-order valence-electron chi connectivity index (χ2n) is 8.70. The first-order valence-electron chi connectivity index (χ1n) is 11.8. The number of carbonyl (C=O) groups is 1. The number of rotatable bonds is 9. The van der Waals surface area contributed by atoms with Gasteiger partial charge in [-0.3, -0.25) is 0 Å². The van der Waals surface area contributed by atoms with E-state index in [1.165, 1.54) is 6.26 Å². The normalized spacial score (nSPS) is 13.1. The highest BCUT2D eigenvalue weighted by Crippen LogP contribution is 2.29. The second-order valence-corrected chi connectivity index (χ2v) is 10.9. The lowest BCUT2D eigenvalue weighted by atomic mass is 10.1. The Kier molecular flexibility index (Phi) is 8.19. The molecule has 0 saturated carbocycles. The summed E-state index contributed by atoms with van der Waals surface area (Å²) in [7, 11) is -2.87. The molecule has 38 heavy (non-hydrogen) atoms. The van der Waals surface area contributed by atoms with E-state index in [1.54, 1.807) is 54.7 Å². The largest absolute Gasteiger partial charge is 0.394 e. The highest BCUT2D eigenvalue weighted by Gasteiger charge is 2.13. The van der Waals surface area contributed by atoms with Crippen molar-refractivity contribution in [3.63, 3.8) is 0 Å². The fourth-order valence-corrected chi connectivity index (χ4v) is 4.23. The Morgan fingerprint density at radius 2 is 1.63 bits per heavy atom. The summed E-state index contributed by atoms with van der Waals surface area (Å²) in [5, 5.41) is 21.4. The number of amides is 2. The van der Waals surface area contributed by atoms with Crippen LogP contribution in [-0.2, 0) is 9.73 Å². The number of aromatic nitrogens is 2. The number of nitrogens with zero attached hydrogens (tertiary/aromatic N) is 2. The number of nitrogens with one attached hydrogen (secondary N) is 5. The van der Waals surface area contributed by atoms with Crippen molar-refractivity contribution >= 4 is 44.6 Å². The summed E-state index contributed by atoms with van der Waals surface area (Å²) in [5.74, 6) is 0.796. The molecule has 10 nitrogen and oxygen atoms in total. The fraction of sp³-hybridized carbons (Fsp3) is 0.148. The number of urea groups is 1. The van der Waals surface area contributed by atoms with Crippen LogP contribution in [0.1, 0.15) is 6.92 Å². The maximum absolute atomic E-state index is 12.3. The number of carbonyl (C=O) groups excluding carboxylic acids is 1. The smallest absolute Gasteiger partial charge is 0.323 e. The van der Waals surface area contributed by atoms with Gasteiger partial charge in [0.25, 0.3) is 0 Å². The Morgan fingerprint density at radius 3 is 2.29 bits per heavy atom. The van der Waals surface area contributed by atoms with Crippen LogP contribution in [0.25, 0.3) is 11.1 Å². The third-order valence-corrected chi connectivity index (χ3v) is 6.62. The van der Waals surface area contributed by atoms with E-state index in [0.717, 1.165) is 5.56 Å². The molecule has 1 heterocycles. The van der Waals surface area contributed by atoms with Crippen LogP contribution >= 0.6 is 0 Å². The minimum absolute atomic E-state index is 0.0952. The van der Waals surface area contributed by atoms with Gasteiger partial charge in [0.1, 0.15) is 5.82 Å². The first kappa shape index (κ1) is 26.6. The minimum Gasteiger partial charge on any atom is -0.394 e. The van der Waals surface area contributed by atoms with Crippen molar-refractivity contribution in [1.29, 1.82) is 4.78 Å². The van der Waals surface area contributed by atoms with Gasteiger partial charge in [0.2, 0.25) is 5.95 Å². The molecular formula is C27H29N7O3S. The number of aliphatic hydroxyl groups excluding tert-OH is 1. The van der Waals surface area contributed by atoms with Crippen molar-refractivity contribution < 1.29 is 14.1 Å². The van der Waals surface area contributed by atoms with Crippen molar-refractivity contribution in [3.8, 4) is 11.1 Å². The van der Waals surface area contributed by atoms with E-state index in [1.807, 2.05) is 37.3 Å². The molecule has 11 heteroatoms. The molecule has 4 rings (SSSR count). The Morgan fingerprint density at radius 1 is 0.974 bits per heavy atom. The number of hydrogen-bond acceptors (Lipinski definition) is 8. The van der Waals surface area contributed by atoms with Gasteiger partial charge in [0.05, 0.1) is 16.3 Å². The zero-order valence-corrected chi connectivity index (χ0v) is 21.8. The summed E-state index contributed by atoms with van der Waals surface area (Å²) < 4.78 is 19.9. The summed E-state index contributed by atoms with van der Waals surface area (Å²) in [6.07, 6.45) is 3.02. The van der Waals surface area contributed by atoms with Gasteiger partial charge in [0, 0.05) is 46.0 Å². The average Bonchev–Trinajstić information content (AvgIpc) is 2.89. The van der Waals surface area contributed by atoms with E-state index in [2.05, 4.69) is 31.2 Å². The molecular weight excluding hydrogens is 502 g/mol. The van der Waals surface area contributed by atoms with Gasteiger partial charge >= 0.3 is 6.03 Å². The Bertz CT molecular complexity index is 1510. The molecule has 3 aromatic carbocycles. The van der Waals surface area contributed by atoms with E-state index in [-0.39, 0.29) is 18.7 Å². The lowest BCUT2D eigenvalue weighted by Crippen LogP contribution is -2.21. The summed E-state index contributed by atoms with van der Waals surface area (Å²) >= 11 is 0. The lowest BCUT2D eigenvalue weighted by molar-refractivity contribution is 0.262. The van der Waals surface area contributed by atoms with E-state index in [0.29, 0.717) is 39.3 Å². The number of para-hydroxylation sites is 1. The Hall–Kier alpha value is -4.48. The quantitative estimate of drug-likeness (QED) is 0.170. The molecule has 0 radical (unpaired) electrons. The molecule has 0 unspecified atom stereocenters. The van der Waals surface area contributed by atoms with E-state index >= 15 is 0 Å². The first-order valence-corrected chi connectivity index (χ1v) is 13.8. The molecule has 2 atom stereocenters. The molecule has 6 N–H and O–H groups in total. The van der Waals surface area contributed by atoms with Crippen LogP contribution in [0.2, 0.25) is 0 Å². The van der Waals surface area contributed by atoms with Gasteiger partial charge in [-0.15, -0.1) is 0 Å². The van der Waals surface area contributed by atoms with Gasteiger partial charge in [-0.1, -0.05) is 36.4 Å². The van der Waals surface area contributed by atoms with E-state index in [9.17, 15) is 14.1 Å². The number of benzene rings is 3. The molecule has 0 fully saturated rings. The number of hydrogen-bond donors (Lipinski definition) is 6. The SMILES string of the molecule is C[C@H](CO)Nc1nc(Nc2cccc([S@@](C)(=N)=O)c2)ncc1-c1ccc(NC(=O)Nc2ccccc2)cc1. The van der Waals surface area contributed by atoms with Crippen molar-refractivity contribution in [2.24, 2.45) is 0 Å². The first-order chi connectivity index (χ1) is 18.2. The molecule has 0 spiro atoms. The summed E-state index contributed by atoms with van der Waals surface area (Å²) in [6, 6.07) is 22.5. The molecule has 0 aliphatic heterocycles. The van der Waals surface area contributed by atoms with Gasteiger partial charge in [-0.2, -0.15) is 4.98 Å². The van der Waals surface area contributed by atoms with E-state index < -0.39 is 9.73 Å². The summed E-state index contributed by atoms with van der Waals surface area (Å²) in [5.41, 5.74) is 3.41. The van der Waals surface area contributed by atoms with Crippen LogP contribution in [0.5, 0.6) is 0 Å². The maximum atomic E-state index is 12.3. The predicted octanol–water partition coefficient (Wildman–Crippen LogP) is 5.36. The third-order valence-electron chi connectivity index (χ3n) is 5.47. The second kappa shape index (κ2) is 11.7. The molecule has 196 valence electrons. The van der Waals surface area contributed by atoms with Gasteiger partial charge in [-0.05, 0) is 55.0 Å². The topological polar surface area (TPSA) is 152 Å². The Labute approximate surface area is 221 Å². The standard InChI is InChI=1S/C27H29N7O3S/c1-18(17-35)30-25-24(16-29-26(34-25)31-22-9-6-10-23(15-22)38(2,28)37)19-11-13-21(14-12-19)33-27(36)32-20-7-4-3-5-8-20/h3-16,18,28,35H,17H2,1-2H3,(H2,32,33,36)(H2,29,30,31,34)/t18-,38+/m1/s1. The van der Waals surface area contributed by atoms with Crippen molar-refractivity contribution in [2.45, 2.75) is 17.9 Å². The molecule has 0 aliphatic rings. The highest BCUT2D eigenvalue weighted by molar-refractivity contribution is 7.91. The van der Waals surface area contributed by atoms with Crippen LogP contribution < -0.4 is 21.3 Å². The average molecular weight is 532 g/mol. The summed E-state index contributed by atoms with van der Waals surface area (Å²) in [6.45, 7) is 1.73. The highest BCUT2D eigenvalue weighted by atomic mass is 32.2. The molecule has 0 bridgehead atoms. The monoisotopic (exact) mass is 531 g/mol. The number of anilines is 5. The molecule has 2 amide bonds. The van der Waals surface area contributed by atoms with Crippen molar-refractivity contribution in [2.75, 3.05) is 34.1 Å². The maximum Gasteiger partial charge on any atom is 0.323 e. The zero-order chi connectivity index (χ0) is 27.1. The zero-order valence-electron chi connectivity index (χ0n) is 20.9. The van der Waals surface area contributed by atoms with Crippen LogP contribution in [0.3, 0.4) is 0 Å². The van der Waals surface area contributed by atoms with Crippen LogP contribution in [0.15, 0.2) is 90.0 Å². The molecule has 0 saturated heterocycles. The lowest BCUT2D eigenvalue weighted by Gasteiger charge is -2.17. The van der Waals surface area contributed by atoms with E-state index in [4.69, 9.17) is 4.78 Å². The van der Waals surface area contributed by atoms with Crippen molar-refractivity contribution in [3.05, 3.63) is 85.1 Å².